The number of fused-ring (bicyclic) bond motifs is 1. The Labute approximate surface area is 157 Å². The van der Waals surface area contributed by atoms with E-state index in [2.05, 4.69) is 33.5 Å². The molecule has 0 N–H and O–H groups in total. The normalized spacial score (nSPS) is 17.6. The topological polar surface area (TPSA) is 46.1 Å². The van der Waals surface area contributed by atoms with E-state index in [4.69, 9.17) is 4.98 Å². The Kier molecular flexibility index (Phi) is 4.98. The lowest BCUT2D eigenvalue weighted by Crippen LogP contribution is -2.39. The molecule has 134 valence electrons. The number of carbonyl (C=O) groups excluding carboxylic acids is 1. The van der Waals surface area contributed by atoms with Crippen LogP contribution in [0.3, 0.4) is 0 Å². The van der Waals surface area contributed by atoms with E-state index in [1.54, 1.807) is 11.3 Å². The monoisotopic (exact) mass is 365 g/mol. The van der Waals surface area contributed by atoms with Crippen molar-refractivity contribution in [2.75, 3.05) is 18.0 Å². The van der Waals surface area contributed by atoms with Crippen LogP contribution in [-0.2, 0) is 11.2 Å². The Hall–Kier alpha value is -2.27. The number of Topliss-reactive ketones (excluding diaryl/α,β-unsaturated/α-hetero) is 1. The summed E-state index contributed by atoms with van der Waals surface area (Å²) >= 11 is 1.65. The van der Waals surface area contributed by atoms with Crippen molar-refractivity contribution in [3.05, 3.63) is 53.2 Å². The highest BCUT2D eigenvalue weighted by Crippen LogP contribution is 2.31. The summed E-state index contributed by atoms with van der Waals surface area (Å²) in [6.45, 7) is 3.67. The first-order valence-corrected chi connectivity index (χ1v) is 10.1. The number of benzene rings is 1. The smallest absolute Gasteiger partial charge is 0.141 e. The average molecular weight is 366 g/mol. The number of aryl methyl sites for hydroxylation is 2. The fourth-order valence-electron chi connectivity index (χ4n) is 3.73. The molecule has 26 heavy (non-hydrogen) atoms. The molecule has 4 rings (SSSR count). The van der Waals surface area contributed by atoms with E-state index in [1.165, 1.54) is 5.56 Å². The number of anilines is 1. The maximum absolute atomic E-state index is 12.8. The lowest BCUT2D eigenvalue weighted by molar-refractivity contribution is -0.123. The lowest BCUT2D eigenvalue weighted by Gasteiger charge is -2.33. The second-order valence-electron chi connectivity index (χ2n) is 6.97. The zero-order chi connectivity index (χ0) is 17.9. The molecule has 0 saturated carbocycles. The van der Waals surface area contributed by atoms with Gasteiger partial charge >= 0.3 is 0 Å². The molecule has 1 aliphatic rings. The van der Waals surface area contributed by atoms with Crippen molar-refractivity contribution in [3.63, 3.8) is 0 Å². The van der Waals surface area contributed by atoms with Crippen molar-refractivity contribution in [1.29, 1.82) is 0 Å². The van der Waals surface area contributed by atoms with Crippen molar-refractivity contribution < 1.29 is 4.79 Å². The van der Waals surface area contributed by atoms with E-state index >= 15 is 0 Å². The molecule has 1 atom stereocenters. The SMILES string of the molecule is Cc1nc(N2CCCC(C(=O)CCc3ccccc3)C2)c2ccsc2n1. The average Bonchev–Trinajstić information content (AvgIpc) is 3.14. The summed E-state index contributed by atoms with van der Waals surface area (Å²) in [6, 6.07) is 12.4. The molecule has 0 radical (unpaired) electrons. The van der Waals surface area contributed by atoms with Gasteiger partial charge in [-0.25, -0.2) is 9.97 Å². The first kappa shape index (κ1) is 17.2. The van der Waals surface area contributed by atoms with Crippen molar-refractivity contribution >= 4 is 33.2 Å². The van der Waals surface area contributed by atoms with Crippen molar-refractivity contribution in [1.82, 2.24) is 9.97 Å². The molecule has 0 spiro atoms. The van der Waals surface area contributed by atoms with E-state index in [1.807, 2.05) is 25.1 Å². The van der Waals surface area contributed by atoms with Crippen LogP contribution in [0.1, 0.15) is 30.7 Å². The van der Waals surface area contributed by atoms with Crippen LogP contribution in [0.2, 0.25) is 0 Å². The molecule has 1 aromatic carbocycles. The minimum absolute atomic E-state index is 0.108. The number of carbonyl (C=O) groups is 1. The number of ketones is 1. The van der Waals surface area contributed by atoms with Gasteiger partial charge < -0.3 is 4.90 Å². The van der Waals surface area contributed by atoms with E-state index in [9.17, 15) is 4.79 Å². The quantitative estimate of drug-likeness (QED) is 0.671. The van der Waals surface area contributed by atoms with Crippen LogP contribution in [-0.4, -0.2) is 28.8 Å². The molecule has 1 saturated heterocycles. The highest BCUT2D eigenvalue weighted by molar-refractivity contribution is 7.16. The predicted octanol–water partition coefficient (Wildman–Crippen LogP) is 4.42. The summed E-state index contributed by atoms with van der Waals surface area (Å²) < 4.78 is 0. The second-order valence-corrected chi connectivity index (χ2v) is 7.87. The minimum atomic E-state index is 0.108. The molecule has 1 aliphatic heterocycles. The molecule has 4 nitrogen and oxygen atoms in total. The second kappa shape index (κ2) is 7.54. The van der Waals surface area contributed by atoms with E-state index < -0.39 is 0 Å². The van der Waals surface area contributed by atoms with Crippen molar-refractivity contribution in [2.45, 2.75) is 32.6 Å². The first-order chi connectivity index (χ1) is 12.7. The molecule has 0 amide bonds. The number of aromatic nitrogens is 2. The number of hydrogen-bond donors (Lipinski definition) is 0. The Morgan fingerprint density at radius 2 is 2.08 bits per heavy atom. The number of piperidine rings is 1. The summed E-state index contributed by atoms with van der Waals surface area (Å²) in [5.74, 6) is 2.28. The van der Waals surface area contributed by atoms with Crippen LogP contribution in [0.5, 0.6) is 0 Å². The van der Waals surface area contributed by atoms with Gasteiger partial charge in [0.05, 0.1) is 5.39 Å². The van der Waals surface area contributed by atoms with E-state index in [0.717, 1.165) is 54.2 Å². The summed E-state index contributed by atoms with van der Waals surface area (Å²) in [7, 11) is 0. The minimum Gasteiger partial charge on any atom is -0.355 e. The molecule has 1 unspecified atom stereocenters. The van der Waals surface area contributed by atoms with Gasteiger partial charge in [0.1, 0.15) is 22.3 Å². The van der Waals surface area contributed by atoms with Gasteiger partial charge in [-0.05, 0) is 43.2 Å². The Balaban J connectivity index is 1.47. The van der Waals surface area contributed by atoms with Gasteiger partial charge in [0.15, 0.2) is 0 Å². The van der Waals surface area contributed by atoms with Gasteiger partial charge in [-0.1, -0.05) is 30.3 Å². The summed E-state index contributed by atoms with van der Waals surface area (Å²) in [5.41, 5.74) is 1.24. The number of thiophene rings is 1. The maximum atomic E-state index is 12.8. The van der Waals surface area contributed by atoms with Gasteiger partial charge in [-0.2, -0.15) is 0 Å². The largest absolute Gasteiger partial charge is 0.355 e. The molecular weight excluding hydrogens is 342 g/mol. The van der Waals surface area contributed by atoms with Crippen LogP contribution in [0.25, 0.3) is 10.2 Å². The third kappa shape index (κ3) is 3.63. The predicted molar refractivity (Wildman–Crippen MR) is 107 cm³/mol. The van der Waals surface area contributed by atoms with Crippen LogP contribution in [0, 0.1) is 12.8 Å². The molecular formula is C21H23N3OS. The van der Waals surface area contributed by atoms with Gasteiger partial charge in [-0.3, -0.25) is 4.79 Å². The molecule has 0 bridgehead atoms. The molecule has 0 aliphatic carbocycles. The highest BCUT2D eigenvalue weighted by Gasteiger charge is 2.27. The highest BCUT2D eigenvalue weighted by atomic mass is 32.1. The molecule has 3 aromatic rings. The zero-order valence-corrected chi connectivity index (χ0v) is 15.8. The van der Waals surface area contributed by atoms with Gasteiger partial charge in [0, 0.05) is 25.4 Å². The van der Waals surface area contributed by atoms with E-state index in [-0.39, 0.29) is 5.92 Å². The third-order valence-electron chi connectivity index (χ3n) is 5.10. The fourth-order valence-corrected chi connectivity index (χ4v) is 4.54. The van der Waals surface area contributed by atoms with Crippen LogP contribution >= 0.6 is 11.3 Å². The Bertz CT molecular complexity index is 906. The van der Waals surface area contributed by atoms with Crippen molar-refractivity contribution in [3.8, 4) is 0 Å². The number of nitrogens with zero attached hydrogens (tertiary/aromatic N) is 3. The summed E-state index contributed by atoms with van der Waals surface area (Å²) in [6.07, 6.45) is 3.48. The Morgan fingerprint density at radius 3 is 2.92 bits per heavy atom. The summed E-state index contributed by atoms with van der Waals surface area (Å²) in [5, 5.41) is 3.17. The van der Waals surface area contributed by atoms with Crippen LogP contribution in [0.4, 0.5) is 5.82 Å². The van der Waals surface area contributed by atoms with Crippen molar-refractivity contribution in [2.24, 2.45) is 5.92 Å². The zero-order valence-electron chi connectivity index (χ0n) is 15.0. The maximum Gasteiger partial charge on any atom is 0.141 e. The Morgan fingerprint density at radius 1 is 1.23 bits per heavy atom. The molecule has 3 heterocycles. The van der Waals surface area contributed by atoms with Gasteiger partial charge in [0.25, 0.3) is 0 Å². The van der Waals surface area contributed by atoms with Crippen LogP contribution in [0.15, 0.2) is 41.8 Å². The molecule has 1 fully saturated rings. The van der Waals surface area contributed by atoms with E-state index in [0.29, 0.717) is 12.2 Å². The van der Waals surface area contributed by atoms with Gasteiger partial charge in [-0.15, -0.1) is 11.3 Å². The first-order valence-electron chi connectivity index (χ1n) is 9.24. The van der Waals surface area contributed by atoms with Gasteiger partial charge in [0.2, 0.25) is 0 Å². The fraction of sp³-hybridized carbons (Fsp3) is 0.381. The molecule has 2 aromatic heterocycles. The number of rotatable bonds is 5. The van der Waals surface area contributed by atoms with Crippen LogP contribution < -0.4 is 4.90 Å². The lowest BCUT2D eigenvalue weighted by atomic mass is 9.90. The summed E-state index contributed by atoms with van der Waals surface area (Å²) in [4.78, 5) is 25.3. The number of hydrogen-bond acceptors (Lipinski definition) is 5. The molecule has 5 heteroatoms. The standard InChI is InChI=1S/C21H23N3OS/c1-15-22-20(18-11-13-26-21(18)23-15)24-12-5-8-17(14-24)19(25)10-9-16-6-3-2-4-7-16/h2-4,6-7,11,13,17H,5,8-10,12,14H2,1H3. The third-order valence-corrected chi connectivity index (χ3v) is 5.90.